The first-order chi connectivity index (χ1) is 16.2. The Bertz CT molecular complexity index is 1360. The molecule has 3 heterocycles. The number of hydrogen-bond acceptors (Lipinski definition) is 3. The highest BCUT2D eigenvalue weighted by Gasteiger charge is 2.42. The molecule has 2 aromatic heterocycles. The Balaban J connectivity index is 1.93. The highest BCUT2D eigenvalue weighted by atomic mass is 19.4. The van der Waals surface area contributed by atoms with Crippen molar-refractivity contribution in [3.05, 3.63) is 70.6 Å². The first kappa shape index (κ1) is 24.6. The van der Waals surface area contributed by atoms with E-state index in [-0.39, 0.29) is 40.3 Å². The van der Waals surface area contributed by atoms with Crippen LogP contribution in [0, 0.1) is 12.7 Å². The second-order valence-electron chi connectivity index (χ2n) is 9.56. The molecule has 3 aromatic rings. The number of ether oxygens (including phenoxy) is 1. The lowest BCUT2D eigenvalue weighted by atomic mass is 9.86. The van der Waals surface area contributed by atoms with Crippen LogP contribution in [0.15, 0.2) is 36.5 Å². The zero-order valence-corrected chi connectivity index (χ0v) is 19.9. The number of carbonyl (C=O) groups excluding carboxylic acids is 2. The van der Waals surface area contributed by atoms with Crippen molar-refractivity contribution in [3.63, 3.8) is 0 Å². The first-order valence-electron chi connectivity index (χ1n) is 11.0. The molecule has 0 unspecified atom stereocenters. The molecular formula is C25H25F4N3O3. The Morgan fingerprint density at radius 2 is 1.83 bits per heavy atom. The molecule has 0 bridgehead atoms. The van der Waals surface area contributed by atoms with E-state index in [1.54, 1.807) is 27.7 Å². The van der Waals surface area contributed by atoms with Crippen molar-refractivity contribution in [3.8, 4) is 0 Å². The van der Waals surface area contributed by atoms with Gasteiger partial charge in [0.1, 0.15) is 22.7 Å². The minimum atomic E-state index is -4.64. The van der Waals surface area contributed by atoms with Crippen molar-refractivity contribution in [2.24, 2.45) is 0 Å². The molecule has 6 nitrogen and oxygen atoms in total. The maximum Gasteiger partial charge on any atom is 0.431 e. The van der Waals surface area contributed by atoms with Crippen molar-refractivity contribution in [1.82, 2.24) is 14.3 Å². The van der Waals surface area contributed by atoms with Crippen LogP contribution in [0.25, 0.3) is 11.2 Å². The van der Waals surface area contributed by atoms with Gasteiger partial charge in [0.05, 0.1) is 17.5 Å². The maximum atomic E-state index is 13.8. The van der Waals surface area contributed by atoms with Gasteiger partial charge in [-0.3, -0.25) is 9.20 Å². The molecule has 0 fully saturated rings. The molecule has 0 saturated heterocycles. The number of nitrogens with zero attached hydrogens (tertiary/aromatic N) is 2. The number of aromatic amines is 1. The van der Waals surface area contributed by atoms with E-state index in [1.165, 1.54) is 42.3 Å². The number of imidazole rings is 1. The van der Waals surface area contributed by atoms with E-state index in [2.05, 4.69) is 4.98 Å². The fourth-order valence-corrected chi connectivity index (χ4v) is 4.40. The van der Waals surface area contributed by atoms with Gasteiger partial charge in [0.2, 0.25) is 0 Å². The van der Waals surface area contributed by atoms with Gasteiger partial charge in [0.25, 0.3) is 5.91 Å². The van der Waals surface area contributed by atoms with E-state index in [9.17, 15) is 27.2 Å². The molecule has 35 heavy (non-hydrogen) atoms. The molecule has 1 amide bonds. The highest BCUT2D eigenvalue weighted by molar-refractivity contribution is 6.17. The Labute approximate surface area is 199 Å². The number of esters is 1. The van der Waals surface area contributed by atoms with Gasteiger partial charge in [-0.25, -0.2) is 9.18 Å². The van der Waals surface area contributed by atoms with Crippen LogP contribution < -0.4 is 0 Å². The zero-order valence-electron chi connectivity index (χ0n) is 19.9. The summed E-state index contributed by atoms with van der Waals surface area (Å²) in [6.45, 7) is 8.15. The van der Waals surface area contributed by atoms with Crippen LogP contribution in [0.5, 0.6) is 0 Å². The topological polar surface area (TPSA) is 66.8 Å². The standard InChI is InChI=1S/C25H25F4N3O3/c1-13(2)35-23(34)16-11-31(22(33)15-6-7-17(26)14(3)10-15)12-24(4,5)21-20(16)30-19-9-8-18(32(19)21)25(27,28)29/h6-11,13,30H,12H2,1-5H3. The van der Waals surface area contributed by atoms with Crippen LogP contribution >= 0.6 is 0 Å². The number of alkyl halides is 3. The van der Waals surface area contributed by atoms with E-state index in [4.69, 9.17) is 4.74 Å². The fraction of sp³-hybridized carbons (Fsp3) is 0.360. The minimum Gasteiger partial charge on any atom is -0.459 e. The predicted molar refractivity (Wildman–Crippen MR) is 121 cm³/mol. The van der Waals surface area contributed by atoms with Gasteiger partial charge in [-0.1, -0.05) is 13.8 Å². The van der Waals surface area contributed by atoms with E-state index >= 15 is 0 Å². The molecule has 0 radical (unpaired) electrons. The number of fused-ring (bicyclic) bond motifs is 3. The molecule has 186 valence electrons. The number of H-pyrrole nitrogens is 1. The van der Waals surface area contributed by atoms with Gasteiger partial charge >= 0.3 is 12.1 Å². The van der Waals surface area contributed by atoms with Crippen LogP contribution in [-0.2, 0) is 21.1 Å². The average molecular weight is 491 g/mol. The summed E-state index contributed by atoms with van der Waals surface area (Å²) < 4.78 is 61.7. The number of aryl methyl sites for hydroxylation is 1. The summed E-state index contributed by atoms with van der Waals surface area (Å²) in [5.41, 5.74) is -1.06. The number of amides is 1. The summed E-state index contributed by atoms with van der Waals surface area (Å²) in [4.78, 5) is 30.7. The van der Waals surface area contributed by atoms with Crippen LogP contribution in [0.1, 0.15) is 60.7 Å². The molecule has 1 aliphatic rings. The number of benzene rings is 1. The van der Waals surface area contributed by atoms with Gasteiger partial charge in [0.15, 0.2) is 0 Å². The van der Waals surface area contributed by atoms with Crippen LogP contribution in [-0.4, -0.2) is 38.8 Å². The molecule has 1 aliphatic heterocycles. The Morgan fingerprint density at radius 1 is 1.14 bits per heavy atom. The lowest BCUT2D eigenvalue weighted by molar-refractivity contribution is -0.142. The third kappa shape index (κ3) is 4.33. The lowest BCUT2D eigenvalue weighted by Crippen LogP contribution is -2.38. The van der Waals surface area contributed by atoms with E-state index in [1.807, 2.05) is 0 Å². The summed E-state index contributed by atoms with van der Waals surface area (Å²) in [5, 5.41) is 0. The average Bonchev–Trinajstić information content (AvgIpc) is 3.27. The maximum absolute atomic E-state index is 13.8. The number of aromatic nitrogens is 2. The van der Waals surface area contributed by atoms with Gasteiger partial charge in [-0.05, 0) is 56.7 Å². The summed E-state index contributed by atoms with van der Waals surface area (Å²) >= 11 is 0. The minimum absolute atomic E-state index is 0.0455. The largest absolute Gasteiger partial charge is 0.459 e. The van der Waals surface area contributed by atoms with Crippen LogP contribution in [0.3, 0.4) is 0 Å². The number of carbonyl (C=O) groups is 2. The van der Waals surface area contributed by atoms with Crippen molar-refractivity contribution < 1.29 is 31.9 Å². The van der Waals surface area contributed by atoms with Crippen LogP contribution in [0.4, 0.5) is 17.6 Å². The van der Waals surface area contributed by atoms with Gasteiger partial charge in [0, 0.05) is 23.7 Å². The molecule has 0 spiro atoms. The predicted octanol–water partition coefficient (Wildman–Crippen LogP) is 5.46. The molecule has 4 rings (SSSR count). The summed E-state index contributed by atoms with van der Waals surface area (Å²) in [5.74, 6) is -1.79. The monoisotopic (exact) mass is 491 g/mol. The number of nitrogens with one attached hydrogen (secondary N) is 1. The van der Waals surface area contributed by atoms with Crippen molar-refractivity contribution >= 4 is 23.1 Å². The van der Waals surface area contributed by atoms with E-state index < -0.39 is 41.1 Å². The molecule has 10 heteroatoms. The fourth-order valence-electron chi connectivity index (χ4n) is 4.40. The third-order valence-corrected chi connectivity index (χ3v) is 5.87. The normalized spacial score (nSPS) is 15.7. The van der Waals surface area contributed by atoms with Crippen molar-refractivity contribution in [1.29, 1.82) is 0 Å². The summed E-state index contributed by atoms with van der Waals surface area (Å²) in [6.07, 6.45) is -3.85. The second kappa shape index (κ2) is 8.28. The third-order valence-electron chi connectivity index (χ3n) is 5.87. The van der Waals surface area contributed by atoms with Gasteiger partial charge < -0.3 is 14.6 Å². The Morgan fingerprint density at radius 3 is 2.43 bits per heavy atom. The van der Waals surface area contributed by atoms with Crippen molar-refractivity contribution in [2.75, 3.05) is 6.54 Å². The molecule has 0 saturated carbocycles. The second-order valence-corrected chi connectivity index (χ2v) is 9.56. The lowest BCUT2D eigenvalue weighted by Gasteiger charge is -2.30. The Kier molecular flexibility index (Phi) is 5.81. The number of halogens is 4. The zero-order chi connectivity index (χ0) is 25.9. The number of rotatable bonds is 3. The molecule has 0 atom stereocenters. The molecular weight excluding hydrogens is 466 g/mol. The van der Waals surface area contributed by atoms with E-state index in [0.29, 0.717) is 0 Å². The van der Waals surface area contributed by atoms with Gasteiger partial charge in [-0.15, -0.1) is 0 Å². The molecule has 0 aliphatic carbocycles. The number of hydrogen-bond donors (Lipinski definition) is 1. The summed E-state index contributed by atoms with van der Waals surface area (Å²) in [6, 6.07) is 6.15. The molecule has 1 aromatic carbocycles. The highest BCUT2D eigenvalue weighted by Crippen LogP contribution is 2.40. The summed E-state index contributed by atoms with van der Waals surface area (Å²) in [7, 11) is 0. The smallest absolute Gasteiger partial charge is 0.431 e. The van der Waals surface area contributed by atoms with E-state index in [0.717, 1.165) is 10.5 Å². The Hall–Kier alpha value is -3.56. The first-order valence-corrected chi connectivity index (χ1v) is 11.0. The van der Waals surface area contributed by atoms with Crippen molar-refractivity contribution in [2.45, 2.75) is 52.3 Å². The van der Waals surface area contributed by atoms with Gasteiger partial charge in [-0.2, -0.15) is 13.2 Å². The SMILES string of the molecule is Cc1cc(C(=O)N2C=C(C(=O)OC(C)C)c3[nH]c4ccc(C(F)(F)F)n4c3C(C)(C)C2)ccc1F. The van der Waals surface area contributed by atoms with Crippen LogP contribution in [0.2, 0.25) is 0 Å². The quantitative estimate of drug-likeness (QED) is 0.391. The molecule has 1 N–H and O–H groups in total.